The van der Waals surface area contributed by atoms with Crippen LogP contribution in [-0.2, 0) is 0 Å². The van der Waals surface area contributed by atoms with E-state index in [1.165, 1.54) is 19.7 Å². The second-order valence-electron chi connectivity index (χ2n) is 5.05. The molecule has 2 rings (SSSR count). The van der Waals surface area contributed by atoms with E-state index in [4.69, 9.17) is 4.74 Å². The highest BCUT2D eigenvalue weighted by molar-refractivity contribution is 5.97. The van der Waals surface area contributed by atoms with Crippen LogP contribution in [0.25, 0.3) is 0 Å². The topological polar surface area (TPSA) is 75.0 Å². The molecule has 106 valence electrons. The van der Waals surface area contributed by atoms with Gasteiger partial charge in [0.2, 0.25) is 0 Å². The number of nitrogens with one attached hydrogen (secondary N) is 1. The van der Waals surface area contributed by atoms with Crippen molar-refractivity contribution >= 4 is 5.91 Å². The zero-order chi connectivity index (χ0) is 14.4. The van der Waals surface area contributed by atoms with E-state index < -0.39 is 6.04 Å². The Hall–Kier alpha value is -2.09. The van der Waals surface area contributed by atoms with Gasteiger partial charge in [-0.15, -0.1) is 0 Å². The Kier molecular flexibility index (Phi) is 4.94. The summed E-state index contributed by atoms with van der Waals surface area (Å²) in [5, 5.41) is 12.1. The van der Waals surface area contributed by atoms with Crippen LogP contribution in [0.3, 0.4) is 0 Å². The highest BCUT2D eigenvalue weighted by Gasteiger charge is 2.26. The number of nitriles is 1. The van der Waals surface area contributed by atoms with Crippen LogP contribution in [0.5, 0.6) is 5.75 Å². The standard InChI is InChI=1S/C15H19N3O2/c1-20-14-10-17-8-7-12(14)15(19)18-13(9-16)11-5-3-2-4-6-11/h7-8,10-11,13H,2-6H2,1H3,(H,18,19). The maximum absolute atomic E-state index is 12.3. The van der Waals surface area contributed by atoms with Crippen LogP contribution in [0.1, 0.15) is 42.5 Å². The Morgan fingerprint density at radius 3 is 2.90 bits per heavy atom. The summed E-state index contributed by atoms with van der Waals surface area (Å²) in [6.07, 6.45) is 8.55. The molecule has 1 N–H and O–H groups in total. The van der Waals surface area contributed by atoms with E-state index in [2.05, 4.69) is 16.4 Å². The lowest BCUT2D eigenvalue weighted by molar-refractivity contribution is 0.0925. The first-order chi connectivity index (χ1) is 9.76. The fourth-order valence-corrected chi connectivity index (χ4v) is 2.67. The Bertz CT molecular complexity index is 504. The number of aromatic nitrogens is 1. The van der Waals surface area contributed by atoms with Crippen LogP contribution < -0.4 is 10.1 Å². The van der Waals surface area contributed by atoms with Crippen LogP contribution in [0.2, 0.25) is 0 Å². The van der Waals surface area contributed by atoms with E-state index in [0.717, 1.165) is 25.7 Å². The minimum Gasteiger partial charge on any atom is -0.494 e. The first kappa shape index (κ1) is 14.3. The number of rotatable bonds is 4. The molecule has 1 aliphatic rings. The van der Waals surface area contributed by atoms with Crippen molar-refractivity contribution in [2.24, 2.45) is 5.92 Å². The average molecular weight is 273 g/mol. The van der Waals surface area contributed by atoms with Crippen molar-refractivity contribution in [2.75, 3.05) is 7.11 Å². The zero-order valence-electron chi connectivity index (χ0n) is 11.6. The van der Waals surface area contributed by atoms with Gasteiger partial charge in [0.25, 0.3) is 5.91 Å². The van der Waals surface area contributed by atoms with Crippen LogP contribution in [0, 0.1) is 17.2 Å². The zero-order valence-corrected chi connectivity index (χ0v) is 11.6. The molecule has 5 heteroatoms. The highest BCUT2D eigenvalue weighted by Crippen LogP contribution is 2.26. The van der Waals surface area contributed by atoms with Crippen molar-refractivity contribution < 1.29 is 9.53 Å². The van der Waals surface area contributed by atoms with Crippen molar-refractivity contribution in [2.45, 2.75) is 38.1 Å². The molecule has 0 saturated heterocycles. The lowest BCUT2D eigenvalue weighted by Gasteiger charge is -2.26. The number of carbonyl (C=O) groups excluding carboxylic acids is 1. The van der Waals surface area contributed by atoms with E-state index in [1.807, 2.05) is 0 Å². The molecule has 0 bridgehead atoms. The summed E-state index contributed by atoms with van der Waals surface area (Å²) in [5.74, 6) is 0.400. The summed E-state index contributed by atoms with van der Waals surface area (Å²) >= 11 is 0. The maximum atomic E-state index is 12.3. The molecule has 0 radical (unpaired) electrons. The molecule has 0 spiro atoms. The molecule has 1 unspecified atom stereocenters. The van der Waals surface area contributed by atoms with Crippen molar-refractivity contribution in [1.29, 1.82) is 5.26 Å². The van der Waals surface area contributed by atoms with Gasteiger partial charge in [-0.3, -0.25) is 9.78 Å². The molecule has 0 aromatic carbocycles. The molecule has 1 atom stereocenters. The summed E-state index contributed by atoms with van der Waals surface area (Å²) in [5.41, 5.74) is 0.415. The summed E-state index contributed by atoms with van der Waals surface area (Å²) in [7, 11) is 1.50. The number of methoxy groups -OCH3 is 1. The first-order valence-corrected chi connectivity index (χ1v) is 6.94. The number of pyridine rings is 1. The lowest BCUT2D eigenvalue weighted by atomic mass is 9.84. The SMILES string of the molecule is COc1cnccc1C(=O)NC(C#N)C1CCCCC1. The summed E-state index contributed by atoms with van der Waals surface area (Å²) in [6.45, 7) is 0. The number of hydrogen-bond acceptors (Lipinski definition) is 4. The Labute approximate surface area is 119 Å². The third kappa shape index (κ3) is 3.27. The molecule has 1 saturated carbocycles. The van der Waals surface area contributed by atoms with Crippen molar-refractivity contribution in [1.82, 2.24) is 10.3 Å². The third-order valence-electron chi connectivity index (χ3n) is 3.80. The van der Waals surface area contributed by atoms with E-state index in [-0.39, 0.29) is 11.8 Å². The number of amides is 1. The van der Waals surface area contributed by atoms with Gasteiger partial charge >= 0.3 is 0 Å². The van der Waals surface area contributed by atoms with Crippen molar-refractivity contribution in [3.8, 4) is 11.8 Å². The Morgan fingerprint density at radius 2 is 2.25 bits per heavy atom. The van der Waals surface area contributed by atoms with Crippen LogP contribution in [0.4, 0.5) is 0 Å². The Morgan fingerprint density at radius 1 is 1.50 bits per heavy atom. The second kappa shape index (κ2) is 6.90. The molecule has 20 heavy (non-hydrogen) atoms. The highest BCUT2D eigenvalue weighted by atomic mass is 16.5. The van der Waals surface area contributed by atoms with Crippen LogP contribution >= 0.6 is 0 Å². The largest absolute Gasteiger partial charge is 0.494 e. The van der Waals surface area contributed by atoms with Gasteiger partial charge in [0.15, 0.2) is 0 Å². The molecular formula is C15H19N3O2. The van der Waals surface area contributed by atoms with Crippen molar-refractivity contribution in [3.05, 3.63) is 24.0 Å². The summed E-state index contributed by atoms with van der Waals surface area (Å²) in [4.78, 5) is 16.2. The molecule has 1 aromatic heterocycles. The van der Waals surface area contributed by atoms with Gasteiger partial charge in [-0.05, 0) is 24.8 Å². The molecule has 5 nitrogen and oxygen atoms in total. The van der Waals surface area contributed by atoms with Crippen molar-refractivity contribution in [3.63, 3.8) is 0 Å². The normalized spacial score (nSPS) is 17.0. The first-order valence-electron chi connectivity index (χ1n) is 6.94. The monoisotopic (exact) mass is 273 g/mol. The minimum absolute atomic E-state index is 0.255. The van der Waals surface area contributed by atoms with E-state index in [1.54, 1.807) is 12.3 Å². The molecule has 1 aromatic rings. The predicted octanol–water partition coefficient (Wildman–Crippen LogP) is 2.29. The summed E-state index contributed by atoms with van der Waals surface area (Å²) < 4.78 is 5.12. The van der Waals surface area contributed by atoms with Gasteiger partial charge < -0.3 is 10.1 Å². The molecular weight excluding hydrogens is 254 g/mol. The fourth-order valence-electron chi connectivity index (χ4n) is 2.67. The van der Waals surface area contributed by atoms with Gasteiger partial charge in [0.05, 0.1) is 24.9 Å². The lowest BCUT2D eigenvalue weighted by Crippen LogP contribution is -2.40. The number of carbonyl (C=O) groups is 1. The predicted molar refractivity (Wildman–Crippen MR) is 74.2 cm³/mol. The van der Waals surface area contributed by atoms with Gasteiger partial charge in [-0.1, -0.05) is 19.3 Å². The van der Waals surface area contributed by atoms with Gasteiger partial charge in [-0.2, -0.15) is 5.26 Å². The minimum atomic E-state index is -0.430. The van der Waals surface area contributed by atoms with Gasteiger partial charge in [0.1, 0.15) is 11.8 Å². The van der Waals surface area contributed by atoms with E-state index in [9.17, 15) is 10.1 Å². The van der Waals surface area contributed by atoms with E-state index in [0.29, 0.717) is 11.3 Å². The fraction of sp³-hybridized carbons (Fsp3) is 0.533. The van der Waals surface area contributed by atoms with Crippen LogP contribution in [-0.4, -0.2) is 24.0 Å². The molecule has 0 aliphatic heterocycles. The maximum Gasteiger partial charge on any atom is 0.256 e. The number of ether oxygens (including phenoxy) is 1. The smallest absolute Gasteiger partial charge is 0.256 e. The molecule has 1 amide bonds. The second-order valence-corrected chi connectivity index (χ2v) is 5.05. The summed E-state index contributed by atoms with van der Waals surface area (Å²) in [6, 6.07) is 3.39. The average Bonchev–Trinajstić information content (AvgIpc) is 2.53. The molecule has 1 heterocycles. The third-order valence-corrected chi connectivity index (χ3v) is 3.80. The van der Waals surface area contributed by atoms with E-state index >= 15 is 0 Å². The van der Waals surface area contributed by atoms with Crippen LogP contribution in [0.15, 0.2) is 18.5 Å². The number of hydrogen-bond donors (Lipinski definition) is 1. The van der Waals surface area contributed by atoms with Gasteiger partial charge in [0, 0.05) is 6.20 Å². The number of nitrogens with zero attached hydrogens (tertiary/aromatic N) is 2. The Balaban J connectivity index is 2.07. The van der Waals surface area contributed by atoms with Gasteiger partial charge in [-0.25, -0.2) is 0 Å². The molecule has 1 aliphatic carbocycles. The molecule has 1 fully saturated rings. The quantitative estimate of drug-likeness (QED) is 0.913.